The van der Waals surface area contributed by atoms with E-state index < -0.39 is 0 Å². The molecule has 3 aliphatic carbocycles. The quantitative estimate of drug-likeness (QED) is 0.466. The number of carbonyl (C=O) groups excluding carboxylic acids is 1. The number of hydrogen-bond acceptors (Lipinski definition) is 2. The predicted molar refractivity (Wildman–Crippen MR) is 98.5 cm³/mol. The number of ether oxygens (including phenoxy) is 1. The summed E-state index contributed by atoms with van der Waals surface area (Å²) >= 11 is 0. The third-order valence-corrected chi connectivity index (χ3v) is 7.54. The van der Waals surface area contributed by atoms with E-state index in [4.69, 9.17) is 4.74 Å². The Morgan fingerprint density at radius 3 is 2.79 bits per heavy atom. The molecule has 2 saturated carbocycles. The van der Waals surface area contributed by atoms with Crippen LogP contribution in [0.3, 0.4) is 0 Å². The lowest BCUT2D eigenvalue weighted by Gasteiger charge is -2.68. The van der Waals surface area contributed by atoms with Gasteiger partial charge in [0.15, 0.2) is 0 Å². The van der Waals surface area contributed by atoms with Crippen LogP contribution >= 0.6 is 0 Å². The Hall–Kier alpha value is -0.790. The zero-order valence-electron chi connectivity index (χ0n) is 16.3. The van der Waals surface area contributed by atoms with Crippen molar-refractivity contribution in [2.75, 3.05) is 6.61 Å². The molecule has 0 bridgehead atoms. The SMILES string of the molecule is CC(=O)OC[C@@]1(CCCC(C)C)[C@@H]2C(C)=CC[C@H]3[C@@H]2[C@@H]1CC[C@H]3C. The Morgan fingerprint density at radius 1 is 1.38 bits per heavy atom. The lowest BCUT2D eigenvalue weighted by atomic mass is 9.36. The van der Waals surface area contributed by atoms with Gasteiger partial charge in [0.25, 0.3) is 0 Å². The standard InChI is InChI=1S/C22H36O2/c1-14(2)7-6-12-22(13-24-17(5)23)19-11-9-15(3)18-10-8-16(4)21(22)20(18)19/h8,14-15,18-21H,6-7,9-13H2,1-5H3/t15-,18-,19+,20-,21-,22-/m1/s1. The molecule has 0 unspecified atom stereocenters. The first kappa shape index (κ1) is 18.0. The molecule has 0 aliphatic heterocycles. The Labute approximate surface area is 148 Å². The van der Waals surface area contributed by atoms with Crippen molar-refractivity contribution in [1.29, 1.82) is 0 Å². The zero-order chi connectivity index (χ0) is 17.5. The summed E-state index contributed by atoms with van der Waals surface area (Å²) in [6.45, 7) is 11.6. The predicted octanol–water partition coefficient (Wildman–Crippen LogP) is 5.62. The van der Waals surface area contributed by atoms with Crippen LogP contribution in [0.1, 0.15) is 73.1 Å². The van der Waals surface area contributed by atoms with Crippen molar-refractivity contribution in [1.82, 2.24) is 0 Å². The molecule has 0 heterocycles. The van der Waals surface area contributed by atoms with E-state index in [9.17, 15) is 4.79 Å². The molecular weight excluding hydrogens is 296 g/mol. The molecular formula is C22H36O2. The van der Waals surface area contributed by atoms with Crippen molar-refractivity contribution in [3.63, 3.8) is 0 Å². The van der Waals surface area contributed by atoms with E-state index >= 15 is 0 Å². The Balaban J connectivity index is 1.84. The fourth-order valence-electron chi connectivity index (χ4n) is 6.45. The fraction of sp³-hybridized carbons (Fsp3) is 0.864. The van der Waals surface area contributed by atoms with Crippen molar-refractivity contribution in [3.8, 4) is 0 Å². The minimum absolute atomic E-state index is 0.111. The van der Waals surface area contributed by atoms with Crippen LogP contribution in [-0.4, -0.2) is 12.6 Å². The average Bonchev–Trinajstić information content (AvgIpc) is 2.50. The molecule has 0 N–H and O–H groups in total. The number of carbonyl (C=O) groups is 1. The maximum Gasteiger partial charge on any atom is 0.302 e. The Morgan fingerprint density at radius 2 is 2.12 bits per heavy atom. The van der Waals surface area contributed by atoms with Crippen LogP contribution < -0.4 is 0 Å². The molecule has 0 aromatic rings. The zero-order valence-corrected chi connectivity index (χ0v) is 16.3. The van der Waals surface area contributed by atoms with E-state index in [0.717, 1.165) is 29.6 Å². The third-order valence-electron chi connectivity index (χ3n) is 7.54. The van der Waals surface area contributed by atoms with Crippen LogP contribution in [0, 0.1) is 40.9 Å². The van der Waals surface area contributed by atoms with Crippen LogP contribution in [0.25, 0.3) is 0 Å². The highest BCUT2D eigenvalue weighted by atomic mass is 16.5. The van der Waals surface area contributed by atoms with Crippen molar-refractivity contribution < 1.29 is 9.53 Å². The van der Waals surface area contributed by atoms with Crippen LogP contribution in [0.4, 0.5) is 0 Å². The summed E-state index contributed by atoms with van der Waals surface area (Å²) in [6, 6.07) is 0. The second-order valence-electron chi connectivity index (χ2n) is 9.36. The number of hydrogen-bond donors (Lipinski definition) is 0. The highest BCUT2D eigenvalue weighted by molar-refractivity contribution is 5.66. The van der Waals surface area contributed by atoms with Gasteiger partial charge < -0.3 is 4.74 Å². The molecule has 0 aromatic carbocycles. The van der Waals surface area contributed by atoms with Gasteiger partial charge in [-0.25, -0.2) is 0 Å². The van der Waals surface area contributed by atoms with Crippen LogP contribution in [0.15, 0.2) is 11.6 Å². The van der Waals surface area contributed by atoms with Gasteiger partial charge in [-0.2, -0.15) is 0 Å². The van der Waals surface area contributed by atoms with Gasteiger partial charge in [-0.3, -0.25) is 4.79 Å². The summed E-state index contributed by atoms with van der Waals surface area (Å²) in [7, 11) is 0. The second-order valence-corrected chi connectivity index (χ2v) is 9.36. The van der Waals surface area contributed by atoms with E-state index in [0.29, 0.717) is 12.5 Å². The van der Waals surface area contributed by atoms with Gasteiger partial charge in [-0.05, 0) is 61.7 Å². The number of esters is 1. The molecule has 0 saturated heterocycles. The second kappa shape index (κ2) is 6.84. The van der Waals surface area contributed by atoms with Crippen LogP contribution in [0.5, 0.6) is 0 Å². The molecule has 2 fully saturated rings. The molecule has 0 amide bonds. The van der Waals surface area contributed by atoms with Crippen molar-refractivity contribution in [3.05, 3.63) is 11.6 Å². The Bertz CT molecular complexity index is 506. The summed E-state index contributed by atoms with van der Waals surface area (Å²) in [6.07, 6.45) is 10.3. The number of rotatable bonds is 6. The van der Waals surface area contributed by atoms with E-state index in [1.165, 1.54) is 38.5 Å². The smallest absolute Gasteiger partial charge is 0.302 e. The molecule has 0 spiro atoms. The molecule has 2 nitrogen and oxygen atoms in total. The molecule has 0 radical (unpaired) electrons. The van der Waals surface area contributed by atoms with Gasteiger partial charge in [0.1, 0.15) is 0 Å². The third kappa shape index (κ3) is 2.95. The monoisotopic (exact) mass is 332 g/mol. The molecule has 3 aliphatic rings. The molecule has 136 valence electrons. The van der Waals surface area contributed by atoms with E-state index in [1.54, 1.807) is 12.5 Å². The van der Waals surface area contributed by atoms with Crippen molar-refractivity contribution >= 4 is 5.97 Å². The molecule has 0 aromatic heterocycles. The van der Waals surface area contributed by atoms with Gasteiger partial charge in [0.05, 0.1) is 6.61 Å². The Kier molecular flexibility index (Phi) is 5.14. The number of allylic oxidation sites excluding steroid dienone is 2. The van der Waals surface area contributed by atoms with Crippen molar-refractivity contribution in [2.24, 2.45) is 40.9 Å². The molecule has 3 rings (SSSR count). The van der Waals surface area contributed by atoms with E-state index in [1.807, 2.05) is 0 Å². The fourth-order valence-corrected chi connectivity index (χ4v) is 6.45. The summed E-state index contributed by atoms with van der Waals surface area (Å²) in [4.78, 5) is 11.5. The summed E-state index contributed by atoms with van der Waals surface area (Å²) < 4.78 is 5.66. The largest absolute Gasteiger partial charge is 0.465 e. The lowest BCUT2D eigenvalue weighted by molar-refractivity contribution is -0.205. The van der Waals surface area contributed by atoms with E-state index in [2.05, 4.69) is 33.8 Å². The summed E-state index contributed by atoms with van der Waals surface area (Å²) in [5.41, 5.74) is 1.81. The maximum atomic E-state index is 11.5. The van der Waals surface area contributed by atoms with Crippen molar-refractivity contribution in [2.45, 2.75) is 73.1 Å². The van der Waals surface area contributed by atoms with Crippen LogP contribution in [-0.2, 0) is 9.53 Å². The average molecular weight is 333 g/mol. The summed E-state index contributed by atoms with van der Waals surface area (Å²) in [5.74, 6) is 4.67. The first-order valence-electron chi connectivity index (χ1n) is 10.2. The van der Waals surface area contributed by atoms with Gasteiger partial charge in [0.2, 0.25) is 0 Å². The normalized spacial score (nSPS) is 40.6. The topological polar surface area (TPSA) is 26.3 Å². The highest BCUT2D eigenvalue weighted by Crippen LogP contribution is 2.70. The first-order chi connectivity index (χ1) is 11.4. The minimum Gasteiger partial charge on any atom is -0.465 e. The highest BCUT2D eigenvalue weighted by Gasteiger charge is 2.65. The molecule has 2 heteroatoms. The molecule has 24 heavy (non-hydrogen) atoms. The molecule has 6 atom stereocenters. The van der Waals surface area contributed by atoms with E-state index in [-0.39, 0.29) is 11.4 Å². The first-order valence-corrected chi connectivity index (χ1v) is 10.2. The van der Waals surface area contributed by atoms with Gasteiger partial charge in [-0.1, -0.05) is 51.7 Å². The lowest BCUT2D eigenvalue weighted by Crippen LogP contribution is -2.65. The van der Waals surface area contributed by atoms with Gasteiger partial charge >= 0.3 is 5.97 Å². The minimum atomic E-state index is -0.111. The summed E-state index contributed by atoms with van der Waals surface area (Å²) in [5, 5.41) is 0. The van der Waals surface area contributed by atoms with Gasteiger partial charge in [0, 0.05) is 12.3 Å². The van der Waals surface area contributed by atoms with Gasteiger partial charge in [-0.15, -0.1) is 0 Å². The van der Waals surface area contributed by atoms with Crippen LogP contribution in [0.2, 0.25) is 0 Å². The maximum absolute atomic E-state index is 11.5.